The van der Waals surface area contributed by atoms with E-state index in [9.17, 15) is 5.11 Å². The predicted molar refractivity (Wildman–Crippen MR) is 54.0 cm³/mol. The van der Waals surface area contributed by atoms with Crippen molar-refractivity contribution in [2.24, 2.45) is 16.7 Å². The lowest BCUT2D eigenvalue weighted by atomic mass is 9.71. The highest BCUT2D eigenvalue weighted by Crippen LogP contribution is 2.35. The Balaban J connectivity index is 4.74. The smallest absolute Gasteiger partial charge is 0.0776 e. The van der Waals surface area contributed by atoms with Crippen molar-refractivity contribution in [2.45, 2.75) is 47.6 Å². The van der Waals surface area contributed by atoms with E-state index >= 15 is 0 Å². The number of hydrogen-bond acceptors (Lipinski definition) is 2. The molecule has 1 N–H and O–H groups in total. The molecule has 0 heterocycles. The lowest BCUT2D eigenvalue weighted by Crippen LogP contribution is -2.39. The van der Waals surface area contributed by atoms with E-state index in [2.05, 4.69) is 6.07 Å². The molecule has 0 radical (unpaired) electrons. The first-order valence-electron chi connectivity index (χ1n) is 4.68. The highest BCUT2D eigenvalue weighted by Gasteiger charge is 2.37. The molecule has 2 nitrogen and oxygen atoms in total. The summed E-state index contributed by atoms with van der Waals surface area (Å²) in [5.74, 6) is -0.313. The molecule has 0 amide bonds. The minimum Gasteiger partial charge on any atom is -0.391 e. The van der Waals surface area contributed by atoms with E-state index in [1.54, 1.807) is 0 Å². The first-order chi connectivity index (χ1) is 5.60. The van der Waals surface area contributed by atoms with Crippen molar-refractivity contribution in [3.8, 4) is 6.07 Å². The summed E-state index contributed by atoms with van der Waals surface area (Å²) < 4.78 is 0. The second-order valence-electron chi connectivity index (χ2n) is 5.78. The molecule has 2 heteroatoms. The van der Waals surface area contributed by atoms with Crippen molar-refractivity contribution in [3.63, 3.8) is 0 Å². The Morgan fingerprint density at radius 3 is 1.46 bits per heavy atom. The van der Waals surface area contributed by atoms with Crippen molar-refractivity contribution in [1.29, 1.82) is 5.26 Å². The van der Waals surface area contributed by atoms with Crippen LogP contribution in [0.25, 0.3) is 0 Å². The van der Waals surface area contributed by atoms with Gasteiger partial charge in [0.15, 0.2) is 0 Å². The molecule has 0 rings (SSSR count). The second-order valence-corrected chi connectivity index (χ2v) is 5.78. The Morgan fingerprint density at radius 1 is 1.00 bits per heavy atom. The Kier molecular flexibility index (Phi) is 3.52. The number of rotatable bonds is 1. The molecular weight excluding hydrogens is 162 g/mol. The van der Waals surface area contributed by atoms with Crippen LogP contribution in [0.4, 0.5) is 0 Å². The van der Waals surface area contributed by atoms with E-state index in [1.165, 1.54) is 0 Å². The summed E-state index contributed by atoms with van der Waals surface area (Å²) in [6.45, 7) is 11.8. The second kappa shape index (κ2) is 3.67. The van der Waals surface area contributed by atoms with Crippen LogP contribution < -0.4 is 0 Å². The molecule has 0 unspecified atom stereocenters. The van der Waals surface area contributed by atoms with E-state index in [-0.39, 0.29) is 16.7 Å². The molecule has 0 aromatic carbocycles. The van der Waals surface area contributed by atoms with Gasteiger partial charge in [0.2, 0.25) is 0 Å². The molecule has 0 saturated heterocycles. The van der Waals surface area contributed by atoms with E-state index in [1.807, 2.05) is 41.5 Å². The molecular formula is C11H21NO. The van der Waals surface area contributed by atoms with Gasteiger partial charge in [0.25, 0.3) is 0 Å². The average molecular weight is 183 g/mol. The third-order valence-corrected chi connectivity index (χ3v) is 2.28. The number of nitriles is 1. The molecule has 0 spiro atoms. The third-order valence-electron chi connectivity index (χ3n) is 2.28. The molecule has 2 atom stereocenters. The van der Waals surface area contributed by atoms with Gasteiger partial charge in [0, 0.05) is 0 Å². The van der Waals surface area contributed by atoms with Gasteiger partial charge in [-0.3, -0.25) is 0 Å². The summed E-state index contributed by atoms with van der Waals surface area (Å²) in [5.41, 5.74) is -0.394. The van der Waals surface area contributed by atoms with E-state index < -0.39 is 6.10 Å². The number of aliphatic hydroxyl groups excluding tert-OH is 1. The van der Waals surface area contributed by atoms with E-state index in [0.717, 1.165) is 0 Å². The highest BCUT2D eigenvalue weighted by molar-refractivity contribution is 4.99. The fourth-order valence-electron chi connectivity index (χ4n) is 1.24. The lowest BCUT2D eigenvalue weighted by Gasteiger charge is -2.36. The maximum Gasteiger partial charge on any atom is 0.0776 e. The molecule has 0 aliphatic carbocycles. The average Bonchev–Trinajstić information content (AvgIpc) is 1.83. The van der Waals surface area contributed by atoms with Gasteiger partial charge in [0.05, 0.1) is 18.1 Å². The minimum absolute atomic E-state index is 0.165. The zero-order valence-corrected chi connectivity index (χ0v) is 9.55. The van der Waals surface area contributed by atoms with Crippen LogP contribution in [0, 0.1) is 28.1 Å². The molecule has 0 aliphatic heterocycles. The van der Waals surface area contributed by atoms with Crippen LogP contribution in [0.3, 0.4) is 0 Å². The monoisotopic (exact) mass is 183 g/mol. The maximum atomic E-state index is 9.96. The molecule has 76 valence electrons. The summed E-state index contributed by atoms with van der Waals surface area (Å²) in [5, 5.41) is 18.9. The van der Waals surface area contributed by atoms with Crippen LogP contribution in [-0.4, -0.2) is 11.2 Å². The van der Waals surface area contributed by atoms with Crippen LogP contribution in [0.15, 0.2) is 0 Å². The van der Waals surface area contributed by atoms with Gasteiger partial charge in [-0.15, -0.1) is 0 Å². The van der Waals surface area contributed by atoms with E-state index in [4.69, 9.17) is 5.26 Å². The maximum absolute atomic E-state index is 9.96. The molecule has 0 aliphatic rings. The topological polar surface area (TPSA) is 44.0 Å². The largest absolute Gasteiger partial charge is 0.391 e. The summed E-state index contributed by atoms with van der Waals surface area (Å²) in [7, 11) is 0. The number of nitrogens with zero attached hydrogens (tertiary/aromatic N) is 1. The first kappa shape index (κ1) is 12.4. The zero-order valence-electron chi connectivity index (χ0n) is 9.55. The van der Waals surface area contributed by atoms with Crippen molar-refractivity contribution in [2.75, 3.05) is 0 Å². The van der Waals surface area contributed by atoms with Gasteiger partial charge >= 0.3 is 0 Å². The number of aliphatic hydroxyl groups is 1. The van der Waals surface area contributed by atoms with E-state index in [0.29, 0.717) is 0 Å². The van der Waals surface area contributed by atoms with Crippen molar-refractivity contribution in [3.05, 3.63) is 0 Å². The Morgan fingerprint density at radius 2 is 1.38 bits per heavy atom. The first-order valence-corrected chi connectivity index (χ1v) is 4.68. The van der Waals surface area contributed by atoms with Gasteiger partial charge < -0.3 is 5.11 Å². The Labute approximate surface area is 81.6 Å². The van der Waals surface area contributed by atoms with Crippen molar-refractivity contribution in [1.82, 2.24) is 0 Å². The molecule has 0 aromatic heterocycles. The lowest BCUT2D eigenvalue weighted by molar-refractivity contribution is -0.00604. The van der Waals surface area contributed by atoms with Gasteiger partial charge in [-0.2, -0.15) is 5.26 Å². The molecule has 0 bridgehead atoms. The van der Waals surface area contributed by atoms with Crippen LogP contribution in [-0.2, 0) is 0 Å². The fourth-order valence-corrected chi connectivity index (χ4v) is 1.24. The predicted octanol–water partition coefficient (Wildman–Crippen LogP) is 2.58. The SMILES string of the molecule is CC(C)(C)[C@H](O)[C@@H](C#N)C(C)(C)C. The van der Waals surface area contributed by atoms with Crippen LogP contribution >= 0.6 is 0 Å². The standard InChI is InChI=1S/C11H21NO/c1-10(2,3)8(7-12)9(13)11(4,5)6/h8-9,13H,1-6H3/t8-,9-/m1/s1. The van der Waals surface area contributed by atoms with Gasteiger partial charge in [0.1, 0.15) is 0 Å². The van der Waals surface area contributed by atoms with Crippen molar-refractivity contribution < 1.29 is 5.11 Å². The quantitative estimate of drug-likeness (QED) is 0.679. The number of hydrogen-bond donors (Lipinski definition) is 1. The van der Waals surface area contributed by atoms with Crippen LogP contribution in [0.2, 0.25) is 0 Å². The normalized spacial score (nSPS) is 17.7. The van der Waals surface area contributed by atoms with Gasteiger partial charge in [-0.25, -0.2) is 0 Å². The summed E-state index contributed by atoms with van der Waals surface area (Å²) in [6, 6.07) is 2.20. The van der Waals surface area contributed by atoms with Crippen molar-refractivity contribution >= 4 is 0 Å². The fraction of sp³-hybridized carbons (Fsp3) is 0.909. The minimum atomic E-state index is -0.572. The Hall–Kier alpha value is -0.550. The summed E-state index contributed by atoms with van der Waals surface area (Å²) in [4.78, 5) is 0. The van der Waals surface area contributed by atoms with Gasteiger partial charge in [-0.05, 0) is 10.8 Å². The molecule has 0 aromatic rings. The highest BCUT2D eigenvalue weighted by atomic mass is 16.3. The molecule has 0 fully saturated rings. The summed E-state index contributed by atoms with van der Waals surface area (Å²) in [6.07, 6.45) is -0.572. The molecule has 0 saturated carbocycles. The summed E-state index contributed by atoms with van der Waals surface area (Å²) >= 11 is 0. The third kappa shape index (κ3) is 3.36. The Bertz CT molecular complexity index is 202. The molecule has 13 heavy (non-hydrogen) atoms. The van der Waals surface area contributed by atoms with Gasteiger partial charge in [-0.1, -0.05) is 41.5 Å². The zero-order chi connectivity index (χ0) is 10.9. The van der Waals surface area contributed by atoms with Crippen LogP contribution in [0.5, 0.6) is 0 Å². The van der Waals surface area contributed by atoms with Crippen LogP contribution in [0.1, 0.15) is 41.5 Å².